The van der Waals surface area contributed by atoms with Crippen LogP contribution in [-0.2, 0) is 13.0 Å². The molecular formula is C25H26N2O4. The number of hydrogen-bond donors (Lipinski definition) is 1. The average molecular weight is 418 g/mol. The Balaban J connectivity index is 1.55. The third kappa shape index (κ3) is 4.64. The summed E-state index contributed by atoms with van der Waals surface area (Å²) in [6.07, 6.45) is -0.0644. The van der Waals surface area contributed by atoms with Gasteiger partial charge in [-0.1, -0.05) is 48.5 Å². The summed E-state index contributed by atoms with van der Waals surface area (Å²) in [5.74, 6) is 2.50. The second-order valence-corrected chi connectivity index (χ2v) is 7.25. The number of fused-ring (bicyclic) bond motifs is 1. The van der Waals surface area contributed by atoms with Crippen molar-refractivity contribution in [2.45, 2.75) is 19.1 Å². The first kappa shape index (κ1) is 20.8. The molecule has 1 atom stereocenters. The Morgan fingerprint density at radius 1 is 0.871 bits per heavy atom. The predicted molar refractivity (Wildman–Crippen MR) is 120 cm³/mol. The molecule has 0 bridgehead atoms. The molecule has 6 heteroatoms. The van der Waals surface area contributed by atoms with Crippen LogP contribution in [0.2, 0.25) is 0 Å². The fourth-order valence-corrected chi connectivity index (χ4v) is 3.64. The van der Waals surface area contributed by atoms with Crippen molar-refractivity contribution in [3.8, 4) is 17.2 Å². The van der Waals surface area contributed by atoms with E-state index in [4.69, 9.17) is 19.2 Å². The molecule has 4 aromatic rings. The van der Waals surface area contributed by atoms with Crippen LogP contribution < -0.4 is 14.2 Å². The van der Waals surface area contributed by atoms with E-state index in [0.29, 0.717) is 30.2 Å². The molecule has 1 aromatic heterocycles. The zero-order chi connectivity index (χ0) is 21.6. The summed E-state index contributed by atoms with van der Waals surface area (Å²) in [6.45, 7) is 0.453. The van der Waals surface area contributed by atoms with Crippen molar-refractivity contribution in [2.75, 3.05) is 20.8 Å². The van der Waals surface area contributed by atoms with Crippen molar-refractivity contribution < 1.29 is 19.3 Å². The van der Waals surface area contributed by atoms with Gasteiger partial charge < -0.3 is 23.9 Å². The first-order valence-electron chi connectivity index (χ1n) is 10.2. The SMILES string of the molecule is COc1cccc(OC)c1OCC(O)Cn1c(Cc2ccccc2)nc2ccccc21. The first-order chi connectivity index (χ1) is 15.2. The molecule has 0 aliphatic carbocycles. The highest BCUT2D eigenvalue weighted by Gasteiger charge is 2.17. The van der Waals surface area contributed by atoms with Crippen LogP contribution in [0.1, 0.15) is 11.4 Å². The highest BCUT2D eigenvalue weighted by molar-refractivity contribution is 5.76. The van der Waals surface area contributed by atoms with Crippen molar-refractivity contribution in [2.24, 2.45) is 0 Å². The van der Waals surface area contributed by atoms with Gasteiger partial charge in [0.1, 0.15) is 18.5 Å². The lowest BCUT2D eigenvalue weighted by Crippen LogP contribution is -2.25. The maximum atomic E-state index is 10.8. The van der Waals surface area contributed by atoms with Crippen molar-refractivity contribution in [1.29, 1.82) is 0 Å². The molecule has 1 unspecified atom stereocenters. The fraction of sp³-hybridized carbons (Fsp3) is 0.240. The van der Waals surface area contributed by atoms with E-state index < -0.39 is 6.10 Å². The number of nitrogens with zero attached hydrogens (tertiary/aromatic N) is 2. The zero-order valence-corrected chi connectivity index (χ0v) is 17.7. The number of ether oxygens (including phenoxy) is 3. The van der Waals surface area contributed by atoms with Gasteiger partial charge in [0.05, 0.1) is 31.8 Å². The second-order valence-electron chi connectivity index (χ2n) is 7.25. The van der Waals surface area contributed by atoms with Crippen LogP contribution in [0.3, 0.4) is 0 Å². The number of aliphatic hydroxyl groups is 1. The van der Waals surface area contributed by atoms with Crippen LogP contribution in [0.5, 0.6) is 17.2 Å². The van der Waals surface area contributed by atoms with E-state index in [2.05, 4.69) is 16.7 Å². The molecule has 0 radical (unpaired) electrons. The second kappa shape index (κ2) is 9.53. The van der Waals surface area contributed by atoms with Crippen molar-refractivity contribution in [1.82, 2.24) is 9.55 Å². The van der Waals surface area contributed by atoms with Gasteiger partial charge in [-0.3, -0.25) is 0 Å². The van der Waals surface area contributed by atoms with Gasteiger partial charge in [0, 0.05) is 6.42 Å². The third-order valence-corrected chi connectivity index (χ3v) is 5.13. The first-order valence-corrected chi connectivity index (χ1v) is 10.2. The predicted octanol–water partition coefficient (Wildman–Crippen LogP) is 4.08. The van der Waals surface area contributed by atoms with Gasteiger partial charge in [0.15, 0.2) is 11.5 Å². The number of para-hydroxylation sites is 3. The number of aromatic nitrogens is 2. The lowest BCUT2D eigenvalue weighted by molar-refractivity contribution is 0.0897. The number of rotatable bonds is 9. The monoisotopic (exact) mass is 418 g/mol. The molecule has 31 heavy (non-hydrogen) atoms. The van der Waals surface area contributed by atoms with Crippen molar-refractivity contribution >= 4 is 11.0 Å². The van der Waals surface area contributed by atoms with E-state index in [1.54, 1.807) is 26.4 Å². The molecule has 6 nitrogen and oxygen atoms in total. The minimum absolute atomic E-state index is 0.0913. The molecule has 0 amide bonds. The molecule has 0 fully saturated rings. The van der Waals surface area contributed by atoms with Gasteiger partial charge in [0.25, 0.3) is 0 Å². The largest absolute Gasteiger partial charge is 0.493 e. The molecule has 0 aliphatic rings. The Morgan fingerprint density at radius 2 is 1.55 bits per heavy atom. The summed E-state index contributed by atoms with van der Waals surface area (Å²) in [7, 11) is 3.15. The van der Waals surface area contributed by atoms with Crippen molar-refractivity contribution in [3.63, 3.8) is 0 Å². The van der Waals surface area contributed by atoms with E-state index in [1.165, 1.54) is 5.56 Å². The number of methoxy groups -OCH3 is 2. The van der Waals surface area contributed by atoms with Gasteiger partial charge in [0.2, 0.25) is 5.75 Å². The topological polar surface area (TPSA) is 65.7 Å². The number of benzene rings is 3. The van der Waals surface area contributed by atoms with E-state index >= 15 is 0 Å². The zero-order valence-electron chi connectivity index (χ0n) is 17.7. The Kier molecular flexibility index (Phi) is 6.38. The fourth-order valence-electron chi connectivity index (χ4n) is 3.64. The van der Waals surface area contributed by atoms with Gasteiger partial charge in [-0.15, -0.1) is 0 Å². The molecule has 0 spiro atoms. The average Bonchev–Trinajstić information content (AvgIpc) is 3.14. The lowest BCUT2D eigenvalue weighted by atomic mass is 10.1. The maximum Gasteiger partial charge on any atom is 0.203 e. The van der Waals surface area contributed by atoms with Gasteiger partial charge in [-0.25, -0.2) is 4.98 Å². The molecule has 0 saturated heterocycles. The van der Waals surface area contributed by atoms with Crippen LogP contribution in [-0.4, -0.2) is 41.6 Å². The standard InChI is InChI=1S/C25H26N2O4/c1-29-22-13-8-14-23(30-2)25(22)31-17-19(28)16-27-21-12-7-6-11-20(21)26-24(27)15-18-9-4-3-5-10-18/h3-14,19,28H,15-17H2,1-2H3. The summed E-state index contributed by atoms with van der Waals surface area (Å²) in [4.78, 5) is 4.81. The molecule has 1 N–H and O–H groups in total. The molecule has 3 aromatic carbocycles. The van der Waals surface area contributed by atoms with Gasteiger partial charge >= 0.3 is 0 Å². The Bertz CT molecular complexity index is 1120. The Hall–Kier alpha value is -3.51. The number of imidazole rings is 1. The minimum Gasteiger partial charge on any atom is -0.493 e. The lowest BCUT2D eigenvalue weighted by Gasteiger charge is -2.18. The summed E-state index contributed by atoms with van der Waals surface area (Å²) < 4.78 is 18.7. The van der Waals surface area contributed by atoms with Crippen molar-refractivity contribution in [3.05, 3.63) is 84.2 Å². The van der Waals surface area contributed by atoms with E-state index in [0.717, 1.165) is 16.9 Å². The van der Waals surface area contributed by atoms with Crippen LogP contribution in [0.25, 0.3) is 11.0 Å². The van der Waals surface area contributed by atoms with Gasteiger partial charge in [-0.05, 0) is 29.8 Å². The van der Waals surface area contributed by atoms with Crippen LogP contribution in [0, 0.1) is 0 Å². The summed E-state index contributed by atoms with van der Waals surface area (Å²) in [5, 5.41) is 10.8. The highest BCUT2D eigenvalue weighted by atomic mass is 16.5. The molecule has 0 aliphatic heterocycles. The smallest absolute Gasteiger partial charge is 0.203 e. The van der Waals surface area contributed by atoms with E-state index in [1.807, 2.05) is 48.5 Å². The van der Waals surface area contributed by atoms with Crippen LogP contribution >= 0.6 is 0 Å². The molecule has 4 rings (SSSR count). The number of aliphatic hydroxyl groups excluding tert-OH is 1. The molecule has 160 valence electrons. The quantitative estimate of drug-likeness (QED) is 0.444. The summed E-state index contributed by atoms with van der Waals surface area (Å²) >= 11 is 0. The normalized spacial score (nSPS) is 12.0. The van der Waals surface area contributed by atoms with E-state index in [9.17, 15) is 5.11 Å². The van der Waals surface area contributed by atoms with Crippen LogP contribution in [0.4, 0.5) is 0 Å². The summed E-state index contributed by atoms with van der Waals surface area (Å²) in [5.41, 5.74) is 3.07. The van der Waals surface area contributed by atoms with Gasteiger partial charge in [-0.2, -0.15) is 0 Å². The minimum atomic E-state index is -0.748. The molecular weight excluding hydrogens is 392 g/mol. The number of hydrogen-bond acceptors (Lipinski definition) is 5. The molecule has 0 saturated carbocycles. The molecule has 1 heterocycles. The van der Waals surface area contributed by atoms with E-state index in [-0.39, 0.29) is 6.61 Å². The Labute approximate surface area is 181 Å². The maximum absolute atomic E-state index is 10.8. The summed E-state index contributed by atoms with van der Waals surface area (Å²) in [6, 6.07) is 23.6. The highest BCUT2D eigenvalue weighted by Crippen LogP contribution is 2.36. The van der Waals surface area contributed by atoms with Crippen LogP contribution in [0.15, 0.2) is 72.8 Å². The third-order valence-electron chi connectivity index (χ3n) is 5.13. The Morgan fingerprint density at radius 3 is 2.26 bits per heavy atom.